The summed E-state index contributed by atoms with van der Waals surface area (Å²) in [6.45, 7) is 4.39. The first-order valence-electron chi connectivity index (χ1n) is 5.60. The molecule has 0 spiro atoms. The van der Waals surface area contributed by atoms with E-state index in [-0.39, 0.29) is 6.10 Å². The molecule has 0 aromatic carbocycles. The van der Waals surface area contributed by atoms with Crippen molar-refractivity contribution >= 4 is 0 Å². The average molecular weight is 182 g/mol. The molecule has 0 saturated carbocycles. The normalized spacial score (nSPS) is 28.7. The molecule has 0 fully saturated rings. The number of aliphatic hydroxyl groups excluding tert-OH is 1. The Morgan fingerprint density at radius 2 is 2.23 bits per heavy atom. The lowest BCUT2D eigenvalue weighted by Gasteiger charge is -2.24. The minimum Gasteiger partial charge on any atom is -0.393 e. The molecule has 1 aliphatic rings. The standard InChI is InChI=1S/C12H22O/c1-3-4-5-6-11-7-8-12(13)10(2)9-11/h7,10,12-13H,3-6,8-9H2,1-2H3. The minimum absolute atomic E-state index is 0.0880. The fraction of sp³-hybridized carbons (Fsp3) is 0.833. The third-order valence-electron chi connectivity index (χ3n) is 2.99. The quantitative estimate of drug-likeness (QED) is 0.522. The predicted octanol–water partition coefficient (Wildman–Crippen LogP) is 3.28. The average Bonchev–Trinajstić information content (AvgIpc) is 2.12. The minimum atomic E-state index is -0.0880. The summed E-state index contributed by atoms with van der Waals surface area (Å²) in [7, 11) is 0. The SMILES string of the molecule is CCCCCC1=CCC(O)C(C)C1. The zero-order valence-corrected chi connectivity index (χ0v) is 8.92. The summed E-state index contributed by atoms with van der Waals surface area (Å²) >= 11 is 0. The Labute approximate surface area is 81.9 Å². The smallest absolute Gasteiger partial charge is 0.0603 e. The van der Waals surface area contributed by atoms with Crippen molar-refractivity contribution in [2.45, 2.75) is 58.5 Å². The van der Waals surface area contributed by atoms with Crippen LogP contribution >= 0.6 is 0 Å². The first-order chi connectivity index (χ1) is 6.24. The van der Waals surface area contributed by atoms with E-state index in [1.54, 1.807) is 5.57 Å². The summed E-state index contributed by atoms with van der Waals surface area (Å²) in [5.41, 5.74) is 1.58. The van der Waals surface area contributed by atoms with Crippen molar-refractivity contribution in [2.24, 2.45) is 5.92 Å². The number of unbranched alkanes of at least 4 members (excludes halogenated alkanes) is 2. The van der Waals surface area contributed by atoms with Crippen LogP contribution in [0, 0.1) is 5.92 Å². The van der Waals surface area contributed by atoms with E-state index in [0.29, 0.717) is 5.92 Å². The first kappa shape index (κ1) is 10.8. The van der Waals surface area contributed by atoms with E-state index < -0.39 is 0 Å². The van der Waals surface area contributed by atoms with E-state index in [1.165, 1.54) is 25.7 Å². The highest BCUT2D eigenvalue weighted by Gasteiger charge is 2.18. The molecule has 0 amide bonds. The summed E-state index contributed by atoms with van der Waals surface area (Å²) in [6.07, 6.45) is 9.37. The van der Waals surface area contributed by atoms with Crippen LogP contribution in [0.3, 0.4) is 0 Å². The first-order valence-corrected chi connectivity index (χ1v) is 5.60. The van der Waals surface area contributed by atoms with Gasteiger partial charge in [0.15, 0.2) is 0 Å². The van der Waals surface area contributed by atoms with Gasteiger partial charge in [0.2, 0.25) is 0 Å². The molecule has 2 atom stereocenters. The number of hydrogen-bond acceptors (Lipinski definition) is 1. The second kappa shape index (κ2) is 5.43. The van der Waals surface area contributed by atoms with Gasteiger partial charge in [-0.05, 0) is 31.6 Å². The molecule has 13 heavy (non-hydrogen) atoms. The molecular formula is C12H22O. The molecule has 1 heteroatoms. The second-order valence-corrected chi connectivity index (χ2v) is 4.30. The lowest BCUT2D eigenvalue weighted by atomic mass is 9.86. The van der Waals surface area contributed by atoms with Crippen LogP contribution < -0.4 is 0 Å². The van der Waals surface area contributed by atoms with Crippen LogP contribution in [-0.4, -0.2) is 11.2 Å². The maximum Gasteiger partial charge on any atom is 0.0603 e. The van der Waals surface area contributed by atoms with Crippen molar-refractivity contribution in [3.05, 3.63) is 11.6 Å². The van der Waals surface area contributed by atoms with Crippen LogP contribution in [0.4, 0.5) is 0 Å². The molecule has 0 bridgehead atoms. The topological polar surface area (TPSA) is 20.2 Å². The Balaban J connectivity index is 2.27. The third-order valence-corrected chi connectivity index (χ3v) is 2.99. The van der Waals surface area contributed by atoms with Crippen molar-refractivity contribution in [1.29, 1.82) is 0 Å². The van der Waals surface area contributed by atoms with Gasteiger partial charge in [-0.2, -0.15) is 0 Å². The summed E-state index contributed by atoms with van der Waals surface area (Å²) < 4.78 is 0. The highest BCUT2D eigenvalue weighted by molar-refractivity contribution is 5.08. The Morgan fingerprint density at radius 1 is 1.46 bits per heavy atom. The van der Waals surface area contributed by atoms with Crippen molar-refractivity contribution in [3.8, 4) is 0 Å². The fourth-order valence-corrected chi connectivity index (χ4v) is 1.96. The maximum atomic E-state index is 9.52. The van der Waals surface area contributed by atoms with E-state index >= 15 is 0 Å². The lowest BCUT2D eigenvalue weighted by molar-refractivity contribution is 0.112. The number of rotatable bonds is 4. The second-order valence-electron chi connectivity index (χ2n) is 4.30. The van der Waals surface area contributed by atoms with Gasteiger partial charge < -0.3 is 5.11 Å². The highest BCUT2D eigenvalue weighted by atomic mass is 16.3. The van der Waals surface area contributed by atoms with Crippen molar-refractivity contribution in [1.82, 2.24) is 0 Å². The molecule has 1 rings (SSSR count). The molecule has 0 saturated heterocycles. The number of aliphatic hydroxyl groups is 1. The zero-order valence-electron chi connectivity index (χ0n) is 8.92. The molecule has 1 aliphatic carbocycles. The summed E-state index contributed by atoms with van der Waals surface area (Å²) in [4.78, 5) is 0. The molecule has 0 aromatic rings. The van der Waals surface area contributed by atoms with Gasteiger partial charge in [0, 0.05) is 0 Å². The Bertz CT molecular complexity index is 172. The van der Waals surface area contributed by atoms with Gasteiger partial charge in [0.05, 0.1) is 6.10 Å². The third kappa shape index (κ3) is 3.51. The van der Waals surface area contributed by atoms with Gasteiger partial charge in [0.25, 0.3) is 0 Å². The Morgan fingerprint density at radius 3 is 2.85 bits per heavy atom. The van der Waals surface area contributed by atoms with Crippen molar-refractivity contribution in [3.63, 3.8) is 0 Å². The highest BCUT2D eigenvalue weighted by Crippen LogP contribution is 2.27. The van der Waals surface area contributed by atoms with Gasteiger partial charge in [-0.3, -0.25) is 0 Å². The lowest BCUT2D eigenvalue weighted by Crippen LogP contribution is -2.21. The van der Waals surface area contributed by atoms with Crippen LogP contribution in [0.25, 0.3) is 0 Å². The molecular weight excluding hydrogens is 160 g/mol. The molecule has 0 aromatic heterocycles. The van der Waals surface area contributed by atoms with Crippen LogP contribution in [0.2, 0.25) is 0 Å². The van der Waals surface area contributed by atoms with Crippen LogP contribution in [0.1, 0.15) is 52.4 Å². The summed E-state index contributed by atoms with van der Waals surface area (Å²) in [5.74, 6) is 0.474. The monoisotopic (exact) mass is 182 g/mol. The van der Waals surface area contributed by atoms with E-state index in [9.17, 15) is 5.11 Å². The molecule has 1 N–H and O–H groups in total. The molecule has 1 nitrogen and oxygen atoms in total. The molecule has 2 unspecified atom stereocenters. The fourth-order valence-electron chi connectivity index (χ4n) is 1.96. The van der Waals surface area contributed by atoms with E-state index in [2.05, 4.69) is 19.9 Å². The molecule has 76 valence electrons. The molecule has 0 heterocycles. The molecule has 0 aliphatic heterocycles. The summed E-state index contributed by atoms with van der Waals surface area (Å²) in [6, 6.07) is 0. The van der Waals surface area contributed by atoms with Gasteiger partial charge in [0.1, 0.15) is 0 Å². The van der Waals surface area contributed by atoms with Gasteiger partial charge in [-0.25, -0.2) is 0 Å². The molecule has 0 radical (unpaired) electrons. The Hall–Kier alpha value is -0.300. The van der Waals surface area contributed by atoms with Gasteiger partial charge in [-0.15, -0.1) is 0 Å². The van der Waals surface area contributed by atoms with Crippen molar-refractivity contribution < 1.29 is 5.11 Å². The number of hydrogen-bond donors (Lipinski definition) is 1. The zero-order chi connectivity index (χ0) is 9.68. The van der Waals surface area contributed by atoms with Gasteiger partial charge in [-0.1, -0.05) is 38.3 Å². The number of allylic oxidation sites excluding steroid dienone is 1. The van der Waals surface area contributed by atoms with E-state index in [4.69, 9.17) is 0 Å². The van der Waals surface area contributed by atoms with Gasteiger partial charge >= 0.3 is 0 Å². The predicted molar refractivity (Wildman–Crippen MR) is 56.6 cm³/mol. The maximum absolute atomic E-state index is 9.52. The van der Waals surface area contributed by atoms with Crippen LogP contribution in [0.15, 0.2) is 11.6 Å². The van der Waals surface area contributed by atoms with E-state index in [1.807, 2.05) is 0 Å². The largest absolute Gasteiger partial charge is 0.393 e. The Kier molecular flexibility index (Phi) is 4.51. The van der Waals surface area contributed by atoms with E-state index in [0.717, 1.165) is 12.8 Å². The van der Waals surface area contributed by atoms with Crippen molar-refractivity contribution in [2.75, 3.05) is 0 Å². The van der Waals surface area contributed by atoms with Crippen LogP contribution in [0.5, 0.6) is 0 Å². The van der Waals surface area contributed by atoms with Crippen LogP contribution in [-0.2, 0) is 0 Å². The summed E-state index contributed by atoms with van der Waals surface area (Å²) in [5, 5.41) is 9.52.